The molecule has 0 fully saturated rings. The molecular weight excluding hydrogens is 402 g/mol. The third kappa shape index (κ3) is 6.92. The maximum Gasteiger partial charge on any atom is 0.224 e. The van der Waals surface area contributed by atoms with Crippen LogP contribution in [0.5, 0.6) is 0 Å². The van der Waals surface area contributed by atoms with Crippen molar-refractivity contribution in [2.24, 2.45) is 0 Å². The van der Waals surface area contributed by atoms with E-state index in [1.165, 1.54) is 27.8 Å². The SMILES string of the molecule is O=C(Cc1ccccc1CCc1ccccc1)NCc1ccccc1CCc1ccccc1. The molecular formula is C31H31NO. The Kier molecular flexibility index (Phi) is 8.08. The first-order chi connectivity index (χ1) is 16.3. The minimum atomic E-state index is 0.0695. The molecule has 0 unspecified atom stereocenters. The van der Waals surface area contributed by atoms with Crippen molar-refractivity contribution in [2.45, 2.75) is 38.6 Å². The molecule has 0 aliphatic rings. The number of nitrogens with one attached hydrogen (secondary N) is 1. The number of aryl methyl sites for hydroxylation is 4. The number of benzene rings is 4. The Morgan fingerprint density at radius 1 is 0.485 bits per heavy atom. The molecule has 4 aromatic rings. The number of carbonyl (C=O) groups excluding carboxylic acids is 1. The third-order valence-corrected chi connectivity index (χ3v) is 6.12. The minimum Gasteiger partial charge on any atom is -0.352 e. The van der Waals surface area contributed by atoms with E-state index < -0.39 is 0 Å². The molecule has 0 saturated heterocycles. The largest absolute Gasteiger partial charge is 0.352 e. The highest BCUT2D eigenvalue weighted by Crippen LogP contribution is 2.15. The van der Waals surface area contributed by atoms with Crippen molar-refractivity contribution in [2.75, 3.05) is 0 Å². The van der Waals surface area contributed by atoms with Crippen molar-refractivity contribution in [1.82, 2.24) is 5.32 Å². The molecule has 0 saturated carbocycles. The number of hydrogen-bond donors (Lipinski definition) is 1. The van der Waals surface area contributed by atoms with Gasteiger partial charge in [-0.2, -0.15) is 0 Å². The van der Waals surface area contributed by atoms with Crippen LogP contribution in [-0.2, 0) is 43.4 Å². The summed E-state index contributed by atoms with van der Waals surface area (Å²) in [5, 5.41) is 3.15. The van der Waals surface area contributed by atoms with Crippen molar-refractivity contribution in [3.63, 3.8) is 0 Å². The lowest BCUT2D eigenvalue weighted by atomic mass is 9.97. The van der Waals surface area contributed by atoms with Gasteiger partial charge >= 0.3 is 0 Å². The highest BCUT2D eigenvalue weighted by molar-refractivity contribution is 5.79. The summed E-state index contributed by atoms with van der Waals surface area (Å²) in [5.41, 5.74) is 7.51. The van der Waals surface area contributed by atoms with Crippen LogP contribution in [0.4, 0.5) is 0 Å². The summed E-state index contributed by atoms with van der Waals surface area (Å²) in [5.74, 6) is 0.0695. The minimum absolute atomic E-state index is 0.0695. The summed E-state index contributed by atoms with van der Waals surface area (Å²) in [6.45, 7) is 0.565. The lowest BCUT2D eigenvalue weighted by Gasteiger charge is -2.13. The van der Waals surface area contributed by atoms with Crippen LogP contribution in [0.25, 0.3) is 0 Å². The zero-order valence-corrected chi connectivity index (χ0v) is 19.0. The number of hydrogen-bond acceptors (Lipinski definition) is 1. The lowest BCUT2D eigenvalue weighted by Crippen LogP contribution is -2.25. The average Bonchev–Trinajstić information content (AvgIpc) is 2.87. The monoisotopic (exact) mass is 433 g/mol. The zero-order valence-electron chi connectivity index (χ0n) is 19.0. The molecule has 0 aliphatic heterocycles. The number of amides is 1. The molecule has 166 valence electrons. The average molecular weight is 434 g/mol. The first kappa shape index (κ1) is 22.5. The highest BCUT2D eigenvalue weighted by atomic mass is 16.1. The Labute approximate surface area is 197 Å². The quantitative estimate of drug-likeness (QED) is 0.321. The first-order valence-corrected chi connectivity index (χ1v) is 11.8. The molecule has 33 heavy (non-hydrogen) atoms. The molecule has 1 amide bonds. The molecule has 0 aliphatic carbocycles. The summed E-state index contributed by atoms with van der Waals surface area (Å²) in [7, 11) is 0. The standard InChI is InChI=1S/C31H31NO/c33-31(23-29-17-9-7-15-27(29)21-19-25-11-3-1-4-12-25)32-24-30-18-10-8-16-28(30)22-20-26-13-5-2-6-14-26/h1-18H,19-24H2,(H,32,33). The lowest BCUT2D eigenvalue weighted by molar-refractivity contribution is -0.120. The molecule has 0 atom stereocenters. The molecule has 2 heteroatoms. The molecule has 2 nitrogen and oxygen atoms in total. The van der Waals surface area contributed by atoms with Gasteiger partial charge in [0.05, 0.1) is 6.42 Å². The van der Waals surface area contributed by atoms with E-state index in [9.17, 15) is 4.79 Å². The summed E-state index contributed by atoms with van der Waals surface area (Å²) < 4.78 is 0. The molecule has 0 heterocycles. The van der Waals surface area contributed by atoms with Crippen LogP contribution < -0.4 is 5.32 Å². The van der Waals surface area contributed by atoms with E-state index in [2.05, 4.69) is 90.2 Å². The zero-order chi connectivity index (χ0) is 22.7. The van der Waals surface area contributed by atoms with Crippen molar-refractivity contribution in [3.05, 3.63) is 143 Å². The van der Waals surface area contributed by atoms with Gasteiger partial charge in [-0.15, -0.1) is 0 Å². The van der Waals surface area contributed by atoms with Crippen molar-refractivity contribution < 1.29 is 4.79 Å². The third-order valence-electron chi connectivity index (χ3n) is 6.12. The summed E-state index contributed by atoms with van der Waals surface area (Å²) in [6, 6.07) is 37.8. The molecule has 0 bridgehead atoms. The van der Waals surface area contributed by atoms with E-state index in [0.717, 1.165) is 31.2 Å². The molecule has 0 radical (unpaired) electrons. The van der Waals surface area contributed by atoms with E-state index in [4.69, 9.17) is 0 Å². The van der Waals surface area contributed by atoms with Crippen molar-refractivity contribution in [1.29, 1.82) is 0 Å². The fraction of sp³-hybridized carbons (Fsp3) is 0.194. The Balaban J connectivity index is 1.33. The fourth-order valence-corrected chi connectivity index (χ4v) is 4.22. The van der Waals surface area contributed by atoms with Crippen molar-refractivity contribution >= 4 is 5.91 Å². The van der Waals surface area contributed by atoms with Gasteiger partial charge in [0.2, 0.25) is 5.91 Å². The number of rotatable bonds is 10. The Bertz CT molecular complexity index is 1150. The van der Waals surface area contributed by atoms with Gasteiger partial charge in [-0.1, -0.05) is 109 Å². The summed E-state index contributed by atoms with van der Waals surface area (Å²) in [4.78, 5) is 12.8. The van der Waals surface area contributed by atoms with Gasteiger partial charge in [-0.05, 0) is 59.1 Å². The van der Waals surface area contributed by atoms with Crippen LogP contribution in [0.15, 0.2) is 109 Å². The van der Waals surface area contributed by atoms with Crippen LogP contribution in [-0.4, -0.2) is 5.91 Å². The van der Waals surface area contributed by atoms with Crippen LogP contribution in [0.3, 0.4) is 0 Å². The van der Waals surface area contributed by atoms with Gasteiger partial charge in [-0.3, -0.25) is 4.79 Å². The van der Waals surface area contributed by atoms with Crippen LogP contribution in [0, 0.1) is 0 Å². The summed E-state index contributed by atoms with van der Waals surface area (Å²) >= 11 is 0. The Morgan fingerprint density at radius 2 is 0.909 bits per heavy atom. The predicted molar refractivity (Wildman–Crippen MR) is 136 cm³/mol. The predicted octanol–water partition coefficient (Wildman–Crippen LogP) is 6.12. The van der Waals surface area contributed by atoms with E-state index in [1.807, 2.05) is 24.3 Å². The van der Waals surface area contributed by atoms with Crippen molar-refractivity contribution in [3.8, 4) is 0 Å². The topological polar surface area (TPSA) is 29.1 Å². The van der Waals surface area contributed by atoms with E-state index in [1.54, 1.807) is 0 Å². The first-order valence-electron chi connectivity index (χ1n) is 11.8. The van der Waals surface area contributed by atoms with Crippen LogP contribution >= 0.6 is 0 Å². The second kappa shape index (κ2) is 11.8. The molecule has 4 rings (SSSR count). The summed E-state index contributed by atoms with van der Waals surface area (Å²) in [6.07, 6.45) is 4.31. The van der Waals surface area contributed by atoms with Gasteiger partial charge in [0.15, 0.2) is 0 Å². The maximum absolute atomic E-state index is 12.8. The molecule has 0 spiro atoms. The molecule has 4 aromatic carbocycles. The second-order valence-electron chi connectivity index (χ2n) is 8.46. The van der Waals surface area contributed by atoms with Gasteiger partial charge in [0.1, 0.15) is 0 Å². The molecule has 1 N–H and O–H groups in total. The Morgan fingerprint density at radius 3 is 1.45 bits per heavy atom. The van der Waals surface area contributed by atoms with Gasteiger partial charge in [0, 0.05) is 6.54 Å². The Hall–Kier alpha value is -3.65. The van der Waals surface area contributed by atoms with Gasteiger partial charge in [0.25, 0.3) is 0 Å². The van der Waals surface area contributed by atoms with E-state index in [-0.39, 0.29) is 5.91 Å². The van der Waals surface area contributed by atoms with Gasteiger partial charge < -0.3 is 5.32 Å². The normalized spacial score (nSPS) is 10.7. The number of carbonyl (C=O) groups is 1. The van der Waals surface area contributed by atoms with Gasteiger partial charge in [-0.25, -0.2) is 0 Å². The molecule has 0 aromatic heterocycles. The second-order valence-corrected chi connectivity index (χ2v) is 8.46. The smallest absolute Gasteiger partial charge is 0.224 e. The fourth-order valence-electron chi connectivity index (χ4n) is 4.22. The van der Waals surface area contributed by atoms with E-state index in [0.29, 0.717) is 13.0 Å². The maximum atomic E-state index is 12.8. The van der Waals surface area contributed by atoms with Crippen LogP contribution in [0.1, 0.15) is 33.4 Å². The highest BCUT2D eigenvalue weighted by Gasteiger charge is 2.09. The van der Waals surface area contributed by atoms with E-state index >= 15 is 0 Å². The van der Waals surface area contributed by atoms with Crippen LogP contribution in [0.2, 0.25) is 0 Å².